The van der Waals surface area contributed by atoms with Gasteiger partial charge in [-0.2, -0.15) is 0 Å². The third-order valence-corrected chi connectivity index (χ3v) is 5.05. The van der Waals surface area contributed by atoms with Crippen LogP contribution in [0.2, 0.25) is 0 Å². The smallest absolute Gasteiger partial charge is 0.274 e. The van der Waals surface area contributed by atoms with Crippen molar-refractivity contribution in [2.45, 2.75) is 65.1 Å². The molecule has 2 fully saturated rings. The molecule has 0 aliphatic carbocycles. The van der Waals surface area contributed by atoms with Gasteiger partial charge < -0.3 is 0 Å². The fourth-order valence-corrected chi connectivity index (χ4v) is 3.40. The number of quaternary nitrogens is 1. The summed E-state index contributed by atoms with van der Waals surface area (Å²) in [5, 5.41) is 0. The van der Waals surface area contributed by atoms with Crippen LogP contribution >= 0.6 is 0 Å². The quantitative estimate of drug-likeness (QED) is 0.590. The molecular weight excluding hydrogens is 200 g/mol. The van der Waals surface area contributed by atoms with E-state index in [9.17, 15) is 4.79 Å². The molecule has 2 heterocycles. The standard InChI is InChI=1S/C13H25N2O/c1-5-12(2,3)9-10-13(4,14)15(10)8-6-7-11(15)16/h10H,5-9,14H2,1-4H3/q+1. The van der Waals surface area contributed by atoms with E-state index < -0.39 is 0 Å². The molecule has 0 saturated carbocycles. The predicted octanol–water partition coefficient (Wildman–Crippen LogP) is 2.01. The molecule has 0 radical (unpaired) electrons. The molecule has 0 aromatic carbocycles. The van der Waals surface area contributed by atoms with E-state index in [1.165, 1.54) is 0 Å². The maximum Gasteiger partial charge on any atom is 0.316 e. The number of carbonyl (C=O) groups is 1. The van der Waals surface area contributed by atoms with Gasteiger partial charge in [-0.15, -0.1) is 0 Å². The van der Waals surface area contributed by atoms with Crippen molar-refractivity contribution < 1.29 is 9.28 Å². The average Bonchev–Trinajstić information content (AvgIpc) is 2.53. The van der Waals surface area contributed by atoms with Crippen LogP contribution in [0.4, 0.5) is 0 Å². The van der Waals surface area contributed by atoms with Crippen molar-refractivity contribution in [3.05, 3.63) is 0 Å². The lowest BCUT2D eigenvalue weighted by Crippen LogP contribution is -2.41. The lowest BCUT2D eigenvalue weighted by Gasteiger charge is -2.21. The molecule has 3 atom stereocenters. The molecule has 16 heavy (non-hydrogen) atoms. The van der Waals surface area contributed by atoms with Gasteiger partial charge in [0, 0.05) is 19.8 Å². The Kier molecular flexibility index (Phi) is 2.48. The van der Waals surface area contributed by atoms with Gasteiger partial charge in [-0.05, 0) is 5.41 Å². The molecule has 0 aromatic rings. The predicted molar refractivity (Wildman–Crippen MR) is 64.4 cm³/mol. The number of hydrogen-bond donors (Lipinski definition) is 1. The second kappa shape index (κ2) is 3.30. The van der Waals surface area contributed by atoms with Crippen molar-refractivity contribution in [1.29, 1.82) is 0 Å². The van der Waals surface area contributed by atoms with Crippen LogP contribution in [-0.2, 0) is 4.79 Å². The number of hydrogen-bond acceptors (Lipinski definition) is 2. The minimum atomic E-state index is -0.292. The number of nitrogens with two attached hydrogens (primary N) is 1. The summed E-state index contributed by atoms with van der Waals surface area (Å²) in [5.41, 5.74) is 6.36. The summed E-state index contributed by atoms with van der Waals surface area (Å²) in [7, 11) is 0. The topological polar surface area (TPSA) is 43.1 Å². The van der Waals surface area contributed by atoms with Gasteiger partial charge in [0.15, 0.2) is 6.04 Å². The molecule has 2 saturated heterocycles. The largest absolute Gasteiger partial charge is 0.316 e. The minimum absolute atomic E-state index is 0.292. The molecule has 92 valence electrons. The van der Waals surface area contributed by atoms with Gasteiger partial charge >= 0.3 is 5.91 Å². The van der Waals surface area contributed by atoms with Gasteiger partial charge in [0.1, 0.15) is 0 Å². The Morgan fingerprint density at radius 1 is 1.56 bits per heavy atom. The normalized spacial score (nSPS) is 43.1. The monoisotopic (exact) mass is 225 g/mol. The van der Waals surface area contributed by atoms with Crippen molar-refractivity contribution in [2.24, 2.45) is 11.1 Å². The molecule has 0 aromatic heterocycles. The summed E-state index contributed by atoms with van der Waals surface area (Å²) in [5.74, 6) is 0.377. The zero-order chi connectivity index (χ0) is 12.2. The van der Waals surface area contributed by atoms with Crippen LogP contribution < -0.4 is 5.73 Å². The Labute approximate surface area is 98.6 Å². The summed E-state index contributed by atoms with van der Waals surface area (Å²) in [6.45, 7) is 9.80. The number of carbonyl (C=O) groups excluding carboxylic acids is 1. The highest BCUT2D eigenvalue weighted by Crippen LogP contribution is 2.55. The van der Waals surface area contributed by atoms with Crippen LogP contribution in [0.3, 0.4) is 0 Å². The Hall–Kier alpha value is -0.410. The van der Waals surface area contributed by atoms with Crippen molar-refractivity contribution in [3.63, 3.8) is 0 Å². The zero-order valence-electron chi connectivity index (χ0n) is 11.0. The molecule has 2 rings (SSSR count). The second-order valence-electron chi connectivity index (χ2n) is 6.55. The van der Waals surface area contributed by atoms with Gasteiger partial charge in [-0.3, -0.25) is 5.73 Å². The van der Waals surface area contributed by atoms with Gasteiger partial charge in [0.2, 0.25) is 5.66 Å². The van der Waals surface area contributed by atoms with Crippen LogP contribution in [0.15, 0.2) is 0 Å². The van der Waals surface area contributed by atoms with Crippen molar-refractivity contribution in [2.75, 3.05) is 6.54 Å². The van der Waals surface area contributed by atoms with E-state index in [0.29, 0.717) is 21.8 Å². The van der Waals surface area contributed by atoms with E-state index in [0.717, 1.165) is 32.2 Å². The van der Waals surface area contributed by atoms with E-state index in [4.69, 9.17) is 5.73 Å². The summed E-state index contributed by atoms with van der Waals surface area (Å²) < 4.78 is 0.580. The first-order valence-electron chi connectivity index (χ1n) is 6.48. The first-order chi connectivity index (χ1) is 7.28. The van der Waals surface area contributed by atoms with Crippen molar-refractivity contribution in [3.8, 4) is 0 Å². The highest BCUT2D eigenvalue weighted by molar-refractivity contribution is 5.73. The third-order valence-electron chi connectivity index (χ3n) is 5.05. The Morgan fingerprint density at radius 2 is 2.19 bits per heavy atom. The molecular formula is C13H25N2O+. The van der Waals surface area contributed by atoms with Gasteiger partial charge in [0.05, 0.1) is 13.0 Å². The van der Waals surface area contributed by atoms with E-state index in [1.54, 1.807) is 0 Å². The van der Waals surface area contributed by atoms with E-state index in [2.05, 4.69) is 27.7 Å². The Balaban J connectivity index is 2.17. The van der Waals surface area contributed by atoms with E-state index in [1.807, 2.05) is 0 Å². The second-order valence-corrected chi connectivity index (χ2v) is 6.55. The molecule has 2 aliphatic rings. The van der Waals surface area contributed by atoms with Crippen LogP contribution in [0.1, 0.15) is 53.4 Å². The van der Waals surface area contributed by atoms with Crippen molar-refractivity contribution in [1.82, 2.24) is 0 Å². The molecule has 3 nitrogen and oxygen atoms in total. The lowest BCUT2D eigenvalue weighted by molar-refractivity contribution is -0.754. The van der Waals surface area contributed by atoms with Crippen molar-refractivity contribution >= 4 is 5.91 Å². The van der Waals surface area contributed by atoms with Crippen LogP contribution in [0, 0.1) is 5.41 Å². The minimum Gasteiger partial charge on any atom is -0.274 e. The molecule has 3 heteroatoms. The van der Waals surface area contributed by atoms with Crippen LogP contribution in [0.25, 0.3) is 0 Å². The number of nitrogens with zero attached hydrogens (tertiary/aromatic N) is 1. The van der Waals surface area contributed by atoms with Gasteiger partial charge in [-0.1, -0.05) is 27.2 Å². The Morgan fingerprint density at radius 3 is 2.62 bits per heavy atom. The van der Waals surface area contributed by atoms with Gasteiger partial charge in [0.25, 0.3) is 0 Å². The molecule has 1 amide bonds. The summed E-state index contributed by atoms with van der Waals surface area (Å²) >= 11 is 0. The first-order valence-corrected chi connectivity index (χ1v) is 6.48. The maximum atomic E-state index is 12.1. The van der Waals surface area contributed by atoms with Crippen LogP contribution in [-0.4, -0.2) is 28.6 Å². The molecule has 3 unspecified atom stereocenters. The number of amides is 1. The Bertz CT molecular complexity index is 322. The van der Waals surface area contributed by atoms with Gasteiger partial charge in [-0.25, -0.2) is 9.28 Å². The summed E-state index contributed by atoms with van der Waals surface area (Å²) in [6, 6.07) is 0.359. The molecule has 2 N–H and O–H groups in total. The lowest BCUT2D eigenvalue weighted by atomic mass is 9.84. The third kappa shape index (κ3) is 1.37. The molecule has 1 spiro atoms. The van der Waals surface area contributed by atoms with E-state index in [-0.39, 0.29) is 5.66 Å². The fourth-order valence-electron chi connectivity index (χ4n) is 3.40. The zero-order valence-corrected chi connectivity index (χ0v) is 11.0. The average molecular weight is 225 g/mol. The first kappa shape index (κ1) is 12.1. The van der Waals surface area contributed by atoms with E-state index >= 15 is 0 Å². The summed E-state index contributed by atoms with van der Waals surface area (Å²) in [4.78, 5) is 12.1. The summed E-state index contributed by atoms with van der Waals surface area (Å²) in [6.07, 6.45) is 3.97. The molecule has 2 aliphatic heterocycles. The highest BCUT2D eigenvalue weighted by atomic mass is 16.2. The fraction of sp³-hybridized carbons (Fsp3) is 0.923. The van der Waals surface area contributed by atoms with Crippen LogP contribution in [0.5, 0.6) is 0 Å². The number of rotatable bonds is 3. The molecule has 0 bridgehead atoms. The highest BCUT2D eigenvalue weighted by Gasteiger charge is 2.79. The maximum absolute atomic E-state index is 12.1. The SMILES string of the molecule is CCC(C)(C)CC1C(C)(N)[N+]12CCCC2=O.